The van der Waals surface area contributed by atoms with Gasteiger partial charge in [0.2, 0.25) is 10.0 Å². The maximum absolute atomic E-state index is 13.4. The Kier molecular flexibility index (Phi) is 4.66. The lowest BCUT2D eigenvalue weighted by Gasteiger charge is -2.29. The van der Waals surface area contributed by atoms with Gasteiger partial charge in [0.1, 0.15) is 11.4 Å². The minimum Gasteiger partial charge on any atom is -0.323 e. The third-order valence-corrected chi connectivity index (χ3v) is 6.83. The summed E-state index contributed by atoms with van der Waals surface area (Å²) in [6.07, 6.45) is 2.09. The van der Waals surface area contributed by atoms with Gasteiger partial charge in [-0.25, -0.2) is 22.7 Å². The Hall–Kier alpha value is -2.78. The summed E-state index contributed by atoms with van der Waals surface area (Å²) in [6.45, 7) is 0. The SMILES string of the molecule is NS(=O)(=O)c1cccc(-c2ccc(F)cc2)c1CC1CCCC12NC(=O)NC2=O. The lowest BCUT2D eigenvalue weighted by atomic mass is 9.81. The smallest absolute Gasteiger partial charge is 0.322 e. The summed E-state index contributed by atoms with van der Waals surface area (Å²) >= 11 is 0. The van der Waals surface area contributed by atoms with Crippen LogP contribution in [0.25, 0.3) is 11.1 Å². The Morgan fingerprint density at radius 2 is 1.86 bits per heavy atom. The molecule has 29 heavy (non-hydrogen) atoms. The zero-order chi connectivity index (χ0) is 20.8. The average Bonchev–Trinajstić information content (AvgIpc) is 3.18. The second kappa shape index (κ2) is 6.93. The summed E-state index contributed by atoms with van der Waals surface area (Å²) < 4.78 is 37.9. The number of sulfonamides is 1. The Morgan fingerprint density at radius 3 is 2.48 bits per heavy atom. The highest BCUT2D eigenvalue weighted by molar-refractivity contribution is 7.89. The van der Waals surface area contributed by atoms with Crippen LogP contribution in [0.4, 0.5) is 9.18 Å². The highest BCUT2D eigenvalue weighted by atomic mass is 32.2. The largest absolute Gasteiger partial charge is 0.323 e. The molecule has 2 atom stereocenters. The Bertz CT molecular complexity index is 1100. The molecule has 152 valence electrons. The lowest BCUT2D eigenvalue weighted by Crippen LogP contribution is -2.50. The summed E-state index contributed by atoms with van der Waals surface area (Å²) in [7, 11) is -4.04. The Morgan fingerprint density at radius 1 is 1.14 bits per heavy atom. The lowest BCUT2D eigenvalue weighted by molar-refractivity contribution is -0.125. The molecule has 4 rings (SSSR count). The Labute approximate surface area is 167 Å². The molecule has 1 aliphatic heterocycles. The van der Waals surface area contributed by atoms with Crippen molar-refractivity contribution in [1.29, 1.82) is 0 Å². The van der Waals surface area contributed by atoms with E-state index in [9.17, 15) is 22.4 Å². The van der Waals surface area contributed by atoms with Crippen molar-refractivity contribution >= 4 is 22.0 Å². The molecule has 2 aromatic rings. The van der Waals surface area contributed by atoms with Crippen molar-refractivity contribution in [3.63, 3.8) is 0 Å². The minimum atomic E-state index is -4.04. The number of rotatable bonds is 4. The van der Waals surface area contributed by atoms with Crippen molar-refractivity contribution in [1.82, 2.24) is 10.6 Å². The molecule has 9 heteroatoms. The van der Waals surface area contributed by atoms with Crippen LogP contribution in [-0.2, 0) is 21.2 Å². The fourth-order valence-electron chi connectivity index (χ4n) is 4.51. The molecule has 0 aromatic heterocycles. The van der Waals surface area contributed by atoms with E-state index in [1.54, 1.807) is 24.3 Å². The maximum atomic E-state index is 13.4. The van der Waals surface area contributed by atoms with E-state index in [-0.39, 0.29) is 23.1 Å². The zero-order valence-corrected chi connectivity index (χ0v) is 16.3. The molecule has 1 aliphatic carbocycles. The summed E-state index contributed by atoms with van der Waals surface area (Å²) in [4.78, 5) is 24.2. The first-order chi connectivity index (χ1) is 13.7. The number of primary sulfonamides is 1. The van der Waals surface area contributed by atoms with Gasteiger partial charge in [0, 0.05) is 0 Å². The predicted molar refractivity (Wildman–Crippen MR) is 104 cm³/mol. The van der Waals surface area contributed by atoms with Gasteiger partial charge in [0.15, 0.2) is 0 Å². The molecule has 2 unspecified atom stereocenters. The van der Waals surface area contributed by atoms with Crippen LogP contribution >= 0.6 is 0 Å². The fourth-order valence-corrected chi connectivity index (χ4v) is 5.32. The van der Waals surface area contributed by atoms with E-state index >= 15 is 0 Å². The quantitative estimate of drug-likeness (QED) is 0.660. The van der Waals surface area contributed by atoms with Gasteiger partial charge in [-0.1, -0.05) is 30.7 Å². The summed E-state index contributed by atoms with van der Waals surface area (Å²) in [6, 6.07) is 9.93. The number of amides is 3. The van der Waals surface area contributed by atoms with Crippen molar-refractivity contribution in [3.05, 3.63) is 53.8 Å². The number of benzene rings is 2. The van der Waals surface area contributed by atoms with Crippen LogP contribution in [0.1, 0.15) is 24.8 Å². The maximum Gasteiger partial charge on any atom is 0.322 e. The van der Waals surface area contributed by atoms with Gasteiger partial charge in [0.05, 0.1) is 4.90 Å². The molecule has 7 nitrogen and oxygen atoms in total. The van der Waals surface area contributed by atoms with Crippen LogP contribution in [-0.4, -0.2) is 25.9 Å². The Balaban J connectivity index is 1.83. The van der Waals surface area contributed by atoms with Gasteiger partial charge in [-0.05, 0) is 60.1 Å². The number of carbonyl (C=O) groups excluding carboxylic acids is 2. The van der Waals surface area contributed by atoms with Crippen LogP contribution in [0, 0.1) is 11.7 Å². The zero-order valence-electron chi connectivity index (χ0n) is 15.4. The van der Waals surface area contributed by atoms with E-state index in [0.29, 0.717) is 29.5 Å². The van der Waals surface area contributed by atoms with Gasteiger partial charge in [-0.3, -0.25) is 10.1 Å². The highest BCUT2D eigenvalue weighted by Gasteiger charge is 2.54. The monoisotopic (exact) mass is 417 g/mol. The molecule has 2 aromatic carbocycles. The third-order valence-electron chi connectivity index (χ3n) is 5.83. The topological polar surface area (TPSA) is 118 Å². The summed E-state index contributed by atoms with van der Waals surface area (Å²) in [5.74, 6) is -1.09. The van der Waals surface area contributed by atoms with Crippen molar-refractivity contribution in [2.75, 3.05) is 0 Å². The average molecular weight is 417 g/mol. The molecular weight excluding hydrogens is 397 g/mol. The van der Waals surface area contributed by atoms with Gasteiger partial charge in [-0.15, -0.1) is 0 Å². The van der Waals surface area contributed by atoms with Crippen molar-refractivity contribution in [2.45, 2.75) is 36.1 Å². The number of hydrogen-bond donors (Lipinski definition) is 3. The number of urea groups is 1. The van der Waals surface area contributed by atoms with E-state index in [4.69, 9.17) is 5.14 Å². The van der Waals surface area contributed by atoms with E-state index in [1.165, 1.54) is 18.2 Å². The number of hydrogen-bond acceptors (Lipinski definition) is 4. The van der Waals surface area contributed by atoms with Crippen LogP contribution < -0.4 is 15.8 Å². The molecule has 1 saturated heterocycles. The first-order valence-electron chi connectivity index (χ1n) is 9.25. The second-order valence-corrected chi connectivity index (χ2v) is 9.04. The van der Waals surface area contributed by atoms with Crippen LogP contribution in [0.3, 0.4) is 0 Å². The molecule has 1 spiro atoms. The number of carbonyl (C=O) groups is 2. The molecular formula is C20H20FN3O4S. The number of nitrogens with one attached hydrogen (secondary N) is 2. The van der Waals surface area contributed by atoms with E-state index in [1.807, 2.05) is 0 Å². The standard InChI is InChI=1S/C20H20FN3O4S/c21-14-8-6-12(7-9-14)15-4-1-5-17(29(22,27)28)16(15)11-13-3-2-10-20(13)18(25)23-19(26)24-20/h1,4-9,13H,2-3,10-11H2,(H2,22,27,28)(H2,23,24,25,26). The van der Waals surface area contributed by atoms with Crippen molar-refractivity contribution in [2.24, 2.45) is 11.1 Å². The first-order valence-corrected chi connectivity index (χ1v) is 10.8. The minimum absolute atomic E-state index is 0.0360. The van der Waals surface area contributed by atoms with Gasteiger partial charge in [0.25, 0.3) is 5.91 Å². The van der Waals surface area contributed by atoms with Gasteiger partial charge < -0.3 is 5.32 Å². The number of halogens is 1. The normalized spacial score (nSPS) is 24.0. The summed E-state index contributed by atoms with van der Waals surface area (Å²) in [5, 5.41) is 10.5. The predicted octanol–water partition coefficient (Wildman–Crippen LogP) is 2.06. The fraction of sp³-hybridized carbons (Fsp3) is 0.300. The molecule has 3 amide bonds. The van der Waals surface area contributed by atoms with Crippen LogP contribution in [0.15, 0.2) is 47.4 Å². The molecule has 0 radical (unpaired) electrons. The molecule has 1 heterocycles. The van der Waals surface area contributed by atoms with Gasteiger partial charge in [-0.2, -0.15) is 0 Å². The molecule has 2 fully saturated rings. The molecule has 2 aliphatic rings. The van der Waals surface area contributed by atoms with Crippen molar-refractivity contribution < 1.29 is 22.4 Å². The third kappa shape index (κ3) is 3.40. The van der Waals surface area contributed by atoms with Crippen LogP contribution in [0.5, 0.6) is 0 Å². The van der Waals surface area contributed by atoms with E-state index in [0.717, 1.165) is 6.42 Å². The van der Waals surface area contributed by atoms with Gasteiger partial charge >= 0.3 is 6.03 Å². The second-order valence-electron chi connectivity index (χ2n) is 7.51. The van der Waals surface area contributed by atoms with E-state index in [2.05, 4.69) is 10.6 Å². The molecule has 0 bridgehead atoms. The number of imide groups is 1. The number of nitrogens with two attached hydrogens (primary N) is 1. The molecule has 1 saturated carbocycles. The first kappa shape index (κ1) is 19.5. The summed E-state index contributed by atoms with van der Waals surface area (Å²) in [5.41, 5.74) is 0.645. The van der Waals surface area contributed by atoms with E-state index < -0.39 is 27.4 Å². The molecule has 4 N–H and O–H groups in total. The van der Waals surface area contributed by atoms with Crippen LogP contribution in [0.2, 0.25) is 0 Å². The highest BCUT2D eigenvalue weighted by Crippen LogP contribution is 2.42. The van der Waals surface area contributed by atoms with Crippen molar-refractivity contribution in [3.8, 4) is 11.1 Å².